The van der Waals surface area contributed by atoms with Gasteiger partial charge >= 0.3 is 5.97 Å². The fraction of sp³-hybridized carbons (Fsp3) is 0.658. The fourth-order valence-corrected chi connectivity index (χ4v) is 6.80. The number of unbranched alkanes of at least 4 members (excludes halogenated alkanes) is 4. The Balaban J connectivity index is 2.03. The second-order valence-electron chi connectivity index (χ2n) is 13.3. The van der Waals surface area contributed by atoms with Crippen molar-refractivity contribution in [1.29, 1.82) is 0 Å². The van der Waals surface area contributed by atoms with Crippen LogP contribution in [0.3, 0.4) is 0 Å². The molecule has 0 heterocycles. The summed E-state index contributed by atoms with van der Waals surface area (Å²) < 4.78 is 5.58. The third kappa shape index (κ3) is 13.2. The number of carbonyl (C=O) groups excluding carboxylic acids is 1. The summed E-state index contributed by atoms with van der Waals surface area (Å²) in [7, 11) is 0. The van der Waals surface area contributed by atoms with Crippen molar-refractivity contribution in [2.24, 2.45) is 11.8 Å². The molecule has 0 bridgehead atoms. The van der Waals surface area contributed by atoms with Crippen LogP contribution in [-0.4, -0.2) is 36.9 Å². The molecule has 7 nitrogen and oxygen atoms in total. The number of aliphatic hydroxyl groups is 1. The van der Waals surface area contributed by atoms with Gasteiger partial charge in [0.2, 0.25) is 0 Å². The Morgan fingerprint density at radius 2 is 1.17 bits per heavy atom. The lowest BCUT2D eigenvalue weighted by Gasteiger charge is -2.25. The smallest absolute Gasteiger partial charge is 0.303 e. The number of rotatable bonds is 22. The van der Waals surface area contributed by atoms with E-state index in [1.54, 1.807) is 12.1 Å². The van der Waals surface area contributed by atoms with Gasteiger partial charge in [0.15, 0.2) is 0 Å². The maximum atomic E-state index is 11.8. The van der Waals surface area contributed by atoms with Crippen LogP contribution >= 0.6 is 11.6 Å². The Kier molecular flexibility index (Phi) is 17.7. The highest BCUT2D eigenvalue weighted by Crippen LogP contribution is 2.43. The molecule has 0 radical (unpaired) electrons. The normalized spacial score (nSPS) is 15.5. The second kappa shape index (κ2) is 20.6. The summed E-state index contributed by atoms with van der Waals surface area (Å²) in [6, 6.07) is 7.48. The predicted octanol–water partition coefficient (Wildman–Crippen LogP) is 10.3. The Morgan fingerprint density at radius 3 is 1.74 bits per heavy atom. The minimum atomic E-state index is -0.785. The number of benzene rings is 2. The molecule has 2 aromatic rings. The molecule has 6 unspecified atom stereocenters. The summed E-state index contributed by atoms with van der Waals surface area (Å²) in [5.41, 5.74) is 1.61. The van der Waals surface area contributed by atoms with Crippen LogP contribution in [0.1, 0.15) is 159 Å². The van der Waals surface area contributed by atoms with Gasteiger partial charge in [-0.15, -0.1) is 11.6 Å². The quantitative estimate of drug-likeness (QED) is 0.0482. The lowest BCUT2D eigenvalue weighted by molar-refractivity contribution is -0.149. The maximum absolute atomic E-state index is 11.8. The highest BCUT2D eigenvalue weighted by molar-refractivity contribution is 6.20. The molecule has 46 heavy (non-hydrogen) atoms. The largest absolute Gasteiger partial charge is 0.508 e. The summed E-state index contributed by atoms with van der Waals surface area (Å²) in [6.45, 7) is 9.61. The van der Waals surface area contributed by atoms with Crippen LogP contribution in [0, 0.1) is 11.8 Å². The number of phenolic OH excluding ortho intramolecular Hbond substituents is 4. The number of phenols is 4. The number of carbonyl (C=O) groups is 1. The van der Waals surface area contributed by atoms with Gasteiger partial charge in [0.05, 0.1) is 6.10 Å². The van der Waals surface area contributed by atoms with Crippen LogP contribution in [0.5, 0.6) is 23.0 Å². The van der Waals surface area contributed by atoms with Crippen LogP contribution in [0.4, 0.5) is 0 Å². The molecule has 0 aliphatic carbocycles. The number of esters is 1. The topological polar surface area (TPSA) is 127 Å². The van der Waals surface area contributed by atoms with Crippen molar-refractivity contribution >= 4 is 17.6 Å². The Hall–Kier alpha value is -2.64. The van der Waals surface area contributed by atoms with Crippen LogP contribution in [0.2, 0.25) is 0 Å². The third-order valence-electron chi connectivity index (χ3n) is 9.18. The highest BCUT2D eigenvalue weighted by Gasteiger charge is 2.26. The Labute approximate surface area is 282 Å². The van der Waals surface area contributed by atoms with Gasteiger partial charge in [-0.25, -0.2) is 0 Å². The zero-order valence-corrected chi connectivity index (χ0v) is 29.4. The Bertz CT molecular complexity index is 1140. The molecular formula is C38H59ClO7. The predicted molar refractivity (Wildman–Crippen MR) is 186 cm³/mol. The van der Waals surface area contributed by atoms with Crippen molar-refractivity contribution in [3.05, 3.63) is 47.0 Å². The number of hydrogen-bond donors (Lipinski definition) is 5. The monoisotopic (exact) mass is 662 g/mol. The zero-order chi connectivity index (χ0) is 34.2. The second-order valence-corrected chi connectivity index (χ2v) is 13.9. The molecule has 0 saturated carbocycles. The first-order valence-corrected chi connectivity index (χ1v) is 17.9. The van der Waals surface area contributed by atoms with Crippen molar-refractivity contribution in [3.8, 4) is 23.0 Å². The first-order valence-electron chi connectivity index (χ1n) is 17.5. The van der Waals surface area contributed by atoms with E-state index in [9.17, 15) is 30.3 Å². The molecule has 8 heteroatoms. The minimum Gasteiger partial charge on any atom is -0.508 e. The summed E-state index contributed by atoms with van der Waals surface area (Å²) >= 11 is 6.42. The van der Waals surface area contributed by atoms with Gasteiger partial charge in [0, 0.05) is 29.5 Å². The summed E-state index contributed by atoms with van der Waals surface area (Å²) in [5, 5.41) is 53.4. The zero-order valence-electron chi connectivity index (χ0n) is 28.7. The SMILES string of the molecule is CCCCC(Cl)CCCCC(C)C(O)c1cc(O)c(C(CCCC)CCCCC(C)C(OC(C)=O)c2cc(O)cc(O)c2)c(O)c1. The lowest BCUT2D eigenvalue weighted by Crippen LogP contribution is -2.16. The Morgan fingerprint density at radius 1 is 0.696 bits per heavy atom. The number of aliphatic hydroxyl groups excluding tert-OH is 1. The molecule has 2 rings (SSSR count). The van der Waals surface area contributed by atoms with E-state index in [0.717, 1.165) is 89.9 Å². The van der Waals surface area contributed by atoms with Gasteiger partial charge in [-0.05, 0) is 86.1 Å². The fourth-order valence-electron chi connectivity index (χ4n) is 6.49. The van der Waals surface area contributed by atoms with Crippen molar-refractivity contribution in [2.75, 3.05) is 0 Å². The summed E-state index contributed by atoms with van der Waals surface area (Å²) in [4.78, 5) is 11.8. The molecule has 260 valence electrons. The summed E-state index contributed by atoms with van der Waals surface area (Å²) in [5.74, 6) is -0.705. The minimum absolute atomic E-state index is 0.0217. The van der Waals surface area contributed by atoms with Crippen LogP contribution in [0.15, 0.2) is 30.3 Å². The van der Waals surface area contributed by atoms with E-state index >= 15 is 0 Å². The molecule has 0 amide bonds. The van der Waals surface area contributed by atoms with Gasteiger partial charge in [-0.3, -0.25) is 4.79 Å². The number of alkyl halides is 1. The molecule has 0 aromatic heterocycles. The molecular weight excluding hydrogens is 604 g/mol. The van der Waals surface area contributed by atoms with Gasteiger partial charge < -0.3 is 30.3 Å². The molecule has 0 aliphatic rings. The summed E-state index contributed by atoms with van der Waals surface area (Å²) in [6.07, 6.45) is 11.7. The maximum Gasteiger partial charge on any atom is 0.303 e. The van der Waals surface area contributed by atoms with E-state index in [2.05, 4.69) is 13.8 Å². The number of aromatic hydroxyl groups is 4. The van der Waals surface area contributed by atoms with E-state index in [4.69, 9.17) is 16.3 Å². The highest BCUT2D eigenvalue weighted by atomic mass is 35.5. The van der Waals surface area contributed by atoms with Gasteiger partial charge in [0.1, 0.15) is 29.1 Å². The average molecular weight is 663 g/mol. The third-order valence-corrected chi connectivity index (χ3v) is 9.61. The van der Waals surface area contributed by atoms with Crippen LogP contribution in [0.25, 0.3) is 0 Å². The van der Waals surface area contributed by atoms with E-state index < -0.39 is 18.2 Å². The molecule has 0 aliphatic heterocycles. The van der Waals surface area contributed by atoms with Gasteiger partial charge in [0.25, 0.3) is 0 Å². The van der Waals surface area contributed by atoms with E-state index in [-0.39, 0.29) is 46.1 Å². The van der Waals surface area contributed by atoms with Gasteiger partial charge in [-0.1, -0.05) is 79.1 Å². The van der Waals surface area contributed by atoms with Crippen molar-refractivity contribution < 1.29 is 35.1 Å². The number of hydrogen-bond acceptors (Lipinski definition) is 7. The molecule has 2 aromatic carbocycles. The first-order chi connectivity index (χ1) is 21.9. The van der Waals surface area contributed by atoms with E-state index in [1.165, 1.54) is 25.1 Å². The molecule has 5 N–H and O–H groups in total. The van der Waals surface area contributed by atoms with Crippen molar-refractivity contribution in [3.63, 3.8) is 0 Å². The average Bonchev–Trinajstić information content (AvgIpc) is 2.99. The molecule has 0 saturated heterocycles. The number of halogens is 1. The van der Waals surface area contributed by atoms with Crippen molar-refractivity contribution in [1.82, 2.24) is 0 Å². The lowest BCUT2D eigenvalue weighted by atomic mass is 9.84. The van der Waals surface area contributed by atoms with E-state index in [1.807, 2.05) is 13.8 Å². The standard InChI is InChI=1S/C38H59ClO7/c1-6-8-16-28(17-12-10-15-26(4)38(46-27(5)40)30-20-32(41)24-33(42)21-30)36-34(43)22-29(23-35(36)44)37(45)25(3)14-11-13-19-31(39)18-9-7-2/h20-26,28,31,37-38,41-45H,6-19H2,1-5H3. The first kappa shape index (κ1) is 39.5. The molecule has 0 spiro atoms. The van der Waals surface area contributed by atoms with Crippen molar-refractivity contribution in [2.45, 2.75) is 148 Å². The molecule has 0 fully saturated rings. The van der Waals surface area contributed by atoms with Crippen LogP contribution in [-0.2, 0) is 9.53 Å². The van der Waals surface area contributed by atoms with Gasteiger partial charge in [-0.2, -0.15) is 0 Å². The van der Waals surface area contributed by atoms with E-state index in [0.29, 0.717) is 16.7 Å². The number of ether oxygens (including phenoxy) is 1. The molecule has 6 atom stereocenters. The van der Waals surface area contributed by atoms with Crippen LogP contribution < -0.4 is 0 Å².